The first-order chi connectivity index (χ1) is 7.40. The second kappa shape index (κ2) is 7.10. The lowest BCUT2D eigenvalue weighted by atomic mass is 10.2. The van der Waals surface area contributed by atoms with Crippen molar-refractivity contribution in [1.29, 1.82) is 0 Å². The number of carboxylic acids is 2. The summed E-state index contributed by atoms with van der Waals surface area (Å²) in [7, 11) is 0. The highest BCUT2D eigenvalue weighted by Gasteiger charge is 2.28. The molecule has 92 valence electrons. The highest BCUT2D eigenvalue weighted by Crippen LogP contribution is 2.16. The second-order valence-corrected chi connectivity index (χ2v) is 4.21. The Bertz CT molecular complexity index is 277. The first-order valence-corrected chi connectivity index (χ1v) is 5.72. The molecule has 0 amide bonds. The number of carbonyl (C=O) groups is 3. The van der Waals surface area contributed by atoms with Gasteiger partial charge >= 0.3 is 17.9 Å². The Morgan fingerprint density at radius 1 is 1.25 bits per heavy atom. The van der Waals surface area contributed by atoms with E-state index in [4.69, 9.17) is 10.2 Å². The SMILES string of the molecule is CCCSC(OC(=O)C(C)C(=O)O)C(=O)O. The fraction of sp³-hybridized carbons (Fsp3) is 0.667. The molecule has 0 spiro atoms. The quantitative estimate of drug-likeness (QED) is 0.391. The molecule has 0 aliphatic rings. The summed E-state index contributed by atoms with van der Waals surface area (Å²) in [4.78, 5) is 32.3. The third kappa shape index (κ3) is 5.01. The normalized spacial score (nSPS) is 13.9. The summed E-state index contributed by atoms with van der Waals surface area (Å²) >= 11 is 0.952. The van der Waals surface area contributed by atoms with Crippen LogP contribution in [0.5, 0.6) is 0 Å². The van der Waals surface area contributed by atoms with Crippen molar-refractivity contribution < 1.29 is 29.3 Å². The summed E-state index contributed by atoms with van der Waals surface area (Å²) < 4.78 is 4.58. The van der Waals surface area contributed by atoms with Gasteiger partial charge in [-0.15, -0.1) is 11.8 Å². The van der Waals surface area contributed by atoms with E-state index < -0.39 is 29.3 Å². The molecule has 0 rings (SSSR count). The zero-order valence-electron chi connectivity index (χ0n) is 9.00. The van der Waals surface area contributed by atoms with Gasteiger partial charge in [0.2, 0.25) is 5.44 Å². The Hall–Kier alpha value is -1.24. The lowest BCUT2D eigenvalue weighted by Gasteiger charge is -2.14. The summed E-state index contributed by atoms with van der Waals surface area (Å²) in [5.74, 6) is -4.50. The van der Waals surface area contributed by atoms with Crippen LogP contribution in [0.3, 0.4) is 0 Å². The molecule has 0 saturated heterocycles. The number of thioether (sulfide) groups is 1. The third-order valence-electron chi connectivity index (χ3n) is 1.62. The molecule has 16 heavy (non-hydrogen) atoms. The number of aliphatic carboxylic acids is 2. The number of hydrogen-bond acceptors (Lipinski definition) is 5. The average Bonchev–Trinajstić information content (AvgIpc) is 2.21. The Balaban J connectivity index is 4.34. The molecule has 0 bridgehead atoms. The van der Waals surface area contributed by atoms with Crippen LogP contribution >= 0.6 is 11.8 Å². The Labute approximate surface area is 97.0 Å². The van der Waals surface area contributed by atoms with Gasteiger partial charge in [-0.25, -0.2) is 4.79 Å². The summed E-state index contributed by atoms with van der Waals surface area (Å²) in [6.07, 6.45) is 0.737. The van der Waals surface area contributed by atoms with Crippen molar-refractivity contribution >= 4 is 29.7 Å². The minimum atomic E-state index is -1.36. The van der Waals surface area contributed by atoms with Crippen LogP contribution < -0.4 is 0 Å². The minimum Gasteiger partial charge on any atom is -0.481 e. The highest BCUT2D eigenvalue weighted by molar-refractivity contribution is 8.00. The molecular formula is C9H14O6S. The smallest absolute Gasteiger partial charge is 0.355 e. The van der Waals surface area contributed by atoms with Crippen molar-refractivity contribution in [3.05, 3.63) is 0 Å². The van der Waals surface area contributed by atoms with Crippen molar-refractivity contribution in [3.8, 4) is 0 Å². The molecule has 0 aromatic heterocycles. The maximum atomic E-state index is 11.2. The summed E-state index contributed by atoms with van der Waals surface area (Å²) in [5.41, 5.74) is -1.34. The molecular weight excluding hydrogens is 236 g/mol. The van der Waals surface area contributed by atoms with Gasteiger partial charge in [0, 0.05) is 0 Å². The van der Waals surface area contributed by atoms with Crippen LogP contribution in [0.4, 0.5) is 0 Å². The largest absolute Gasteiger partial charge is 0.481 e. The number of ether oxygens (including phenoxy) is 1. The number of rotatable bonds is 7. The molecule has 0 fully saturated rings. The standard InChI is InChI=1S/C9H14O6S/c1-3-4-16-9(7(12)13)15-8(14)5(2)6(10)11/h5,9H,3-4H2,1-2H3,(H,10,11)(H,12,13). The van der Waals surface area contributed by atoms with Gasteiger partial charge in [-0.2, -0.15) is 0 Å². The van der Waals surface area contributed by atoms with Gasteiger partial charge in [0.15, 0.2) is 5.92 Å². The minimum absolute atomic E-state index is 0.520. The van der Waals surface area contributed by atoms with Crippen molar-refractivity contribution in [1.82, 2.24) is 0 Å². The lowest BCUT2D eigenvalue weighted by molar-refractivity contribution is -0.165. The number of hydrogen-bond donors (Lipinski definition) is 2. The van der Waals surface area contributed by atoms with Crippen LogP contribution in [0, 0.1) is 5.92 Å². The highest BCUT2D eigenvalue weighted by atomic mass is 32.2. The van der Waals surface area contributed by atoms with E-state index in [0.29, 0.717) is 5.75 Å². The van der Waals surface area contributed by atoms with Gasteiger partial charge in [0.05, 0.1) is 0 Å². The van der Waals surface area contributed by atoms with Gasteiger partial charge in [0.1, 0.15) is 0 Å². The molecule has 0 saturated carbocycles. The van der Waals surface area contributed by atoms with Gasteiger partial charge in [-0.3, -0.25) is 9.59 Å². The van der Waals surface area contributed by atoms with Gasteiger partial charge < -0.3 is 14.9 Å². The fourth-order valence-electron chi connectivity index (χ4n) is 0.689. The van der Waals surface area contributed by atoms with E-state index in [1.54, 1.807) is 0 Å². The Kier molecular flexibility index (Phi) is 6.55. The molecule has 2 unspecified atom stereocenters. The van der Waals surface area contributed by atoms with E-state index in [-0.39, 0.29) is 0 Å². The maximum Gasteiger partial charge on any atom is 0.355 e. The summed E-state index contributed by atoms with van der Waals surface area (Å²) in [5, 5.41) is 17.2. The fourth-order valence-corrected chi connectivity index (χ4v) is 1.44. The number of carbonyl (C=O) groups excluding carboxylic acids is 1. The predicted octanol–water partition coefficient (Wildman–Crippen LogP) is 0.804. The van der Waals surface area contributed by atoms with E-state index in [1.165, 1.54) is 0 Å². The topological polar surface area (TPSA) is 101 Å². The van der Waals surface area contributed by atoms with E-state index in [1.807, 2.05) is 6.92 Å². The van der Waals surface area contributed by atoms with Crippen LogP contribution in [-0.4, -0.2) is 39.3 Å². The first-order valence-electron chi connectivity index (χ1n) is 4.67. The van der Waals surface area contributed by atoms with Gasteiger partial charge in [0.25, 0.3) is 0 Å². The molecule has 2 atom stereocenters. The molecule has 0 heterocycles. The average molecular weight is 250 g/mol. The van der Waals surface area contributed by atoms with Gasteiger partial charge in [-0.05, 0) is 19.1 Å². The molecule has 0 aliphatic heterocycles. The molecule has 0 aliphatic carbocycles. The summed E-state index contributed by atoms with van der Waals surface area (Å²) in [6.45, 7) is 3.00. The van der Waals surface area contributed by atoms with Crippen LogP contribution in [0.2, 0.25) is 0 Å². The van der Waals surface area contributed by atoms with Crippen molar-refractivity contribution in [3.63, 3.8) is 0 Å². The van der Waals surface area contributed by atoms with Crippen molar-refractivity contribution in [2.75, 3.05) is 5.75 Å². The van der Waals surface area contributed by atoms with Crippen LogP contribution in [0.15, 0.2) is 0 Å². The summed E-state index contributed by atoms with van der Waals surface area (Å²) in [6, 6.07) is 0. The van der Waals surface area contributed by atoms with E-state index in [2.05, 4.69) is 4.74 Å². The maximum absolute atomic E-state index is 11.2. The molecule has 0 radical (unpaired) electrons. The number of esters is 1. The Morgan fingerprint density at radius 3 is 2.19 bits per heavy atom. The molecule has 6 nitrogen and oxygen atoms in total. The van der Waals surface area contributed by atoms with Crippen LogP contribution in [-0.2, 0) is 19.1 Å². The zero-order valence-corrected chi connectivity index (χ0v) is 9.82. The second-order valence-electron chi connectivity index (χ2n) is 3.04. The monoisotopic (exact) mass is 250 g/mol. The van der Waals surface area contributed by atoms with Crippen LogP contribution in [0.25, 0.3) is 0 Å². The lowest BCUT2D eigenvalue weighted by Crippen LogP contribution is -2.30. The van der Waals surface area contributed by atoms with E-state index >= 15 is 0 Å². The van der Waals surface area contributed by atoms with E-state index in [9.17, 15) is 14.4 Å². The van der Waals surface area contributed by atoms with Crippen molar-refractivity contribution in [2.45, 2.75) is 25.7 Å². The number of carboxylic acid groups (broad SMARTS) is 2. The predicted molar refractivity (Wildman–Crippen MR) is 57.1 cm³/mol. The van der Waals surface area contributed by atoms with Crippen molar-refractivity contribution in [2.24, 2.45) is 5.92 Å². The molecule has 0 aromatic rings. The molecule has 2 N–H and O–H groups in total. The van der Waals surface area contributed by atoms with E-state index in [0.717, 1.165) is 25.1 Å². The zero-order chi connectivity index (χ0) is 12.7. The Morgan fingerprint density at radius 2 is 1.81 bits per heavy atom. The van der Waals surface area contributed by atoms with Crippen LogP contribution in [0.1, 0.15) is 20.3 Å². The van der Waals surface area contributed by atoms with Gasteiger partial charge in [-0.1, -0.05) is 6.92 Å². The molecule has 0 aromatic carbocycles. The first kappa shape index (κ1) is 14.8. The third-order valence-corrected chi connectivity index (χ3v) is 2.87. The molecule has 7 heteroatoms.